The van der Waals surface area contributed by atoms with Crippen LogP contribution in [0, 0.1) is 45.3 Å². The predicted octanol–water partition coefficient (Wildman–Crippen LogP) is 6.67. The van der Waals surface area contributed by atoms with Crippen molar-refractivity contribution in [1.82, 2.24) is 0 Å². The summed E-state index contributed by atoms with van der Waals surface area (Å²) in [5.41, 5.74) is 1.92. The molecule has 0 spiro atoms. The monoisotopic (exact) mass is 484 g/mol. The number of methoxy groups -OCH3 is 1. The summed E-state index contributed by atoms with van der Waals surface area (Å²) in [4.78, 5) is 25.5. The molecule has 4 heteroatoms. The summed E-state index contributed by atoms with van der Waals surface area (Å²) in [6.07, 6.45) is 12.1. The van der Waals surface area contributed by atoms with Gasteiger partial charge in [-0.15, -0.1) is 0 Å². The van der Waals surface area contributed by atoms with Gasteiger partial charge in [0.15, 0.2) is 5.78 Å². The van der Waals surface area contributed by atoms with Crippen molar-refractivity contribution in [3.63, 3.8) is 0 Å². The number of aliphatic hydroxyl groups is 1. The summed E-state index contributed by atoms with van der Waals surface area (Å²) in [7, 11) is 1.43. The number of fused-ring (bicyclic) bond motifs is 5. The van der Waals surface area contributed by atoms with Gasteiger partial charge < -0.3 is 9.84 Å². The van der Waals surface area contributed by atoms with Crippen LogP contribution in [0.2, 0.25) is 0 Å². The minimum Gasteiger partial charge on any atom is -0.466 e. The van der Waals surface area contributed by atoms with Crippen molar-refractivity contribution in [2.45, 2.75) is 106 Å². The molecule has 1 N–H and O–H groups in total. The van der Waals surface area contributed by atoms with Crippen LogP contribution in [0.3, 0.4) is 0 Å². The van der Waals surface area contributed by atoms with E-state index in [0.717, 1.165) is 38.5 Å². The molecule has 3 fully saturated rings. The van der Waals surface area contributed by atoms with Gasteiger partial charge in [-0.2, -0.15) is 0 Å². The van der Waals surface area contributed by atoms with Gasteiger partial charge in [-0.3, -0.25) is 4.79 Å². The summed E-state index contributed by atoms with van der Waals surface area (Å²) in [5.74, 6) is 1.54. The van der Waals surface area contributed by atoms with Crippen LogP contribution in [0.4, 0.5) is 0 Å². The Labute approximate surface area is 213 Å². The molecule has 196 valence electrons. The fourth-order valence-electron chi connectivity index (χ4n) is 9.55. The maximum Gasteiger partial charge on any atom is 0.333 e. The highest BCUT2D eigenvalue weighted by Crippen LogP contribution is 2.73. The number of hydrogen-bond donors (Lipinski definition) is 1. The van der Waals surface area contributed by atoms with Gasteiger partial charge in [-0.25, -0.2) is 4.79 Å². The molecular weight excluding hydrogens is 436 g/mol. The van der Waals surface area contributed by atoms with Crippen LogP contribution in [0.1, 0.15) is 99.8 Å². The van der Waals surface area contributed by atoms with E-state index in [1.807, 2.05) is 13.0 Å². The molecule has 0 radical (unpaired) electrons. The summed E-state index contributed by atoms with van der Waals surface area (Å²) in [6.45, 7) is 15.7. The molecule has 0 amide bonds. The standard InChI is InChI=1S/C31H48O4/c1-19(10-9-11-20(2)27(34)35-8)21-12-16-31(7)23-18-24(32)26-28(3,4)25(33)14-15-29(26,5)22(23)13-17-30(21,31)6/h11,18-19,21-22,25-26,33H,9-10,12-17H2,1-8H3/b20-11+/t19-,21-,22-,25-,26-,29+,30-,31+/m0/s1. The maximum atomic E-state index is 13.8. The topological polar surface area (TPSA) is 63.6 Å². The molecule has 8 atom stereocenters. The van der Waals surface area contributed by atoms with E-state index in [2.05, 4.69) is 47.6 Å². The molecule has 0 saturated heterocycles. The average molecular weight is 485 g/mol. The zero-order valence-corrected chi connectivity index (χ0v) is 23.4. The van der Waals surface area contributed by atoms with E-state index < -0.39 is 6.10 Å². The maximum absolute atomic E-state index is 13.8. The zero-order chi connectivity index (χ0) is 26.0. The van der Waals surface area contributed by atoms with Crippen molar-refractivity contribution in [2.75, 3.05) is 7.11 Å². The highest BCUT2D eigenvalue weighted by molar-refractivity contribution is 5.95. The Bertz CT molecular complexity index is 944. The number of rotatable bonds is 5. The third kappa shape index (κ3) is 3.80. The van der Waals surface area contributed by atoms with Crippen LogP contribution < -0.4 is 0 Å². The third-order valence-electron chi connectivity index (χ3n) is 11.9. The second-order valence-corrected chi connectivity index (χ2v) is 13.7. The second kappa shape index (κ2) is 8.85. The first-order chi connectivity index (χ1) is 16.2. The number of allylic oxidation sites excluding steroid dienone is 3. The predicted molar refractivity (Wildman–Crippen MR) is 140 cm³/mol. The summed E-state index contributed by atoms with van der Waals surface area (Å²) < 4.78 is 4.84. The van der Waals surface area contributed by atoms with Crippen LogP contribution in [0.25, 0.3) is 0 Å². The van der Waals surface area contributed by atoms with E-state index in [1.165, 1.54) is 25.5 Å². The first kappa shape index (κ1) is 26.6. The van der Waals surface area contributed by atoms with Crippen LogP contribution >= 0.6 is 0 Å². The molecule has 4 rings (SSSR count). The van der Waals surface area contributed by atoms with E-state index >= 15 is 0 Å². The Morgan fingerprint density at radius 3 is 2.49 bits per heavy atom. The minimum absolute atomic E-state index is 0.0520. The number of ketones is 1. The van der Waals surface area contributed by atoms with E-state index in [4.69, 9.17) is 4.74 Å². The fourth-order valence-corrected chi connectivity index (χ4v) is 9.55. The number of esters is 1. The van der Waals surface area contributed by atoms with Crippen LogP contribution in [0.5, 0.6) is 0 Å². The van der Waals surface area contributed by atoms with E-state index in [-0.39, 0.29) is 39.3 Å². The van der Waals surface area contributed by atoms with Gasteiger partial charge in [0.25, 0.3) is 0 Å². The summed E-state index contributed by atoms with van der Waals surface area (Å²) >= 11 is 0. The number of carbonyl (C=O) groups excluding carboxylic acids is 2. The number of ether oxygens (including phenoxy) is 1. The largest absolute Gasteiger partial charge is 0.466 e. The summed E-state index contributed by atoms with van der Waals surface area (Å²) in [5, 5.41) is 10.8. The molecule has 0 bridgehead atoms. The Kier molecular flexibility index (Phi) is 6.74. The molecule has 0 aromatic carbocycles. The molecule has 0 aliphatic heterocycles. The van der Waals surface area contributed by atoms with Gasteiger partial charge >= 0.3 is 5.97 Å². The van der Waals surface area contributed by atoms with E-state index in [9.17, 15) is 14.7 Å². The highest BCUT2D eigenvalue weighted by atomic mass is 16.5. The normalized spacial score (nSPS) is 43.5. The first-order valence-electron chi connectivity index (χ1n) is 13.9. The highest BCUT2D eigenvalue weighted by Gasteiger charge is 2.66. The van der Waals surface area contributed by atoms with E-state index in [0.29, 0.717) is 23.3 Å². The van der Waals surface area contributed by atoms with Crippen molar-refractivity contribution >= 4 is 11.8 Å². The van der Waals surface area contributed by atoms with Crippen LogP contribution in [0.15, 0.2) is 23.3 Å². The summed E-state index contributed by atoms with van der Waals surface area (Å²) in [6, 6.07) is 0. The SMILES string of the molecule is COC(=O)/C(C)=C/CC[C@H](C)[C@@H]1CC[C@]2(C)C3=CC(=O)[C@H]4C(C)(C)[C@@H](O)CC[C@]4(C)[C@H]3CC[C@@]12C. The Morgan fingerprint density at radius 1 is 1.14 bits per heavy atom. The average Bonchev–Trinajstić information content (AvgIpc) is 3.07. The van der Waals surface area contributed by atoms with Crippen LogP contribution in [-0.2, 0) is 14.3 Å². The fraction of sp³-hybridized carbons (Fsp3) is 0.806. The van der Waals surface area contributed by atoms with Crippen molar-refractivity contribution in [3.8, 4) is 0 Å². The number of aliphatic hydroxyl groups excluding tert-OH is 1. The molecule has 4 aliphatic carbocycles. The molecule has 4 nitrogen and oxygen atoms in total. The smallest absolute Gasteiger partial charge is 0.333 e. The van der Waals surface area contributed by atoms with Crippen molar-refractivity contribution < 1.29 is 19.4 Å². The van der Waals surface area contributed by atoms with Crippen molar-refractivity contribution in [3.05, 3.63) is 23.3 Å². The first-order valence-corrected chi connectivity index (χ1v) is 13.9. The quantitative estimate of drug-likeness (QED) is 0.350. The molecular formula is C31H48O4. The molecule has 0 aromatic heterocycles. The molecule has 0 heterocycles. The lowest BCUT2D eigenvalue weighted by molar-refractivity contribution is -0.157. The molecule has 0 aromatic rings. The molecule has 35 heavy (non-hydrogen) atoms. The number of hydrogen-bond acceptors (Lipinski definition) is 4. The lowest BCUT2D eigenvalue weighted by atomic mass is 9.40. The molecule has 0 unspecified atom stereocenters. The van der Waals surface area contributed by atoms with Gasteiger partial charge in [-0.05, 0) is 98.4 Å². The van der Waals surface area contributed by atoms with Crippen molar-refractivity contribution in [1.29, 1.82) is 0 Å². The Balaban J connectivity index is 1.60. The second-order valence-electron chi connectivity index (χ2n) is 13.7. The zero-order valence-electron chi connectivity index (χ0n) is 23.4. The lowest BCUT2D eigenvalue weighted by Crippen LogP contribution is -2.60. The number of carbonyl (C=O) groups is 2. The Morgan fingerprint density at radius 2 is 1.83 bits per heavy atom. The molecule has 3 saturated carbocycles. The van der Waals surface area contributed by atoms with Crippen molar-refractivity contribution in [2.24, 2.45) is 45.3 Å². The van der Waals surface area contributed by atoms with Gasteiger partial charge in [0.1, 0.15) is 0 Å². The van der Waals surface area contributed by atoms with Gasteiger partial charge in [0, 0.05) is 16.9 Å². The van der Waals surface area contributed by atoms with Gasteiger partial charge in [0.05, 0.1) is 13.2 Å². The van der Waals surface area contributed by atoms with E-state index in [1.54, 1.807) is 0 Å². The van der Waals surface area contributed by atoms with Gasteiger partial charge in [0.2, 0.25) is 0 Å². The third-order valence-corrected chi connectivity index (χ3v) is 11.9. The minimum atomic E-state index is -0.405. The molecule has 4 aliphatic rings. The lowest BCUT2D eigenvalue weighted by Gasteiger charge is -2.63. The van der Waals surface area contributed by atoms with Gasteiger partial charge in [-0.1, -0.05) is 53.2 Å². The Hall–Kier alpha value is -1.42. The van der Waals surface area contributed by atoms with Crippen LogP contribution in [-0.4, -0.2) is 30.1 Å².